The smallest absolute Gasteiger partial charge is 0.410 e. The zero-order valence-electron chi connectivity index (χ0n) is 33.1. The highest BCUT2D eigenvalue weighted by atomic mass is 32.2. The average molecular weight is 762 g/mol. The topological polar surface area (TPSA) is 130 Å². The van der Waals surface area contributed by atoms with E-state index in [2.05, 4.69) is 35.3 Å². The first kappa shape index (κ1) is 38.2. The van der Waals surface area contributed by atoms with Crippen LogP contribution in [0.2, 0.25) is 0 Å². The number of likely N-dealkylation sites (tertiary alicyclic amines) is 1. The van der Waals surface area contributed by atoms with Gasteiger partial charge < -0.3 is 23.8 Å². The Morgan fingerprint density at radius 2 is 1.67 bits per heavy atom. The van der Waals surface area contributed by atoms with Crippen molar-refractivity contribution in [2.24, 2.45) is 10.8 Å². The van der Waals surface area contributed by atoms with Gasteiger partial charge in [0.25, 0.3) is 5.91 Å². The van der Waals surface area contributed by atoms with Gasteiger partial charge in [-0.3, -0.25) is 9.59 Å². The number of likely N-dealkylation sites (N-methyl/N-ethyl adjacent to an activating group) is 1. The zero-order valence-corrected chi connectivity index (χ0v) is 33.9. The third-order valence-corrected chi connectivity index (χ3v) is 13.6. The molecule has 3 atom stereocenters. The molecule has 2 aliphatic heterocycles. The summed E-state index contributed by atoms with van der Waals surface area (Å²) >= 11 is 0. The third kappa shape index (κ3) is 6.54. The number of fused-ring (bicyclic) bond motifs is 7. The first-order chi connectivity index (χ1) is 25.3. The lowest BCUT2D eigenvalue weighted by molar-refractivity contribution is -0.137. The van der Waals surface area contributed by atoms with Gasteiger partial charge >= 0.3 is 16.3 Å². The summed E-state index contributed by atoms with van der Waals surface area (Å²) < 4.78 is 42.2. The quantitative estimate of drug-likeness (QED) is 0.291. The van der Waals surface area contributed by atoms with E-state index >= 15 is 4.79 Å². The van der Waals surface area contributed by atoms with Gasteiger partial charge in [0.05, 0.1) is 24.3 Å². The molecule has 0 bridgehead atoms. The van der Waals surface area contributed by atoms with Gasteiger partial charge in [-0.15, -0.1) is 0 Å². The predicted molar refractivity (Wildman–Crippen MR) is 208 cm³/mol. The summed E-state index contributed by atoms with van der Waals surface area (Å²) in [5.74, 6) is 0.300. The molecule has 3 aromatic rings. The second kappa shape index (κ2) is 13.3. The van der Waals surface area contributed by atoms with Crippen molar-refractivity contribution in [2.75, 3.05) is 41.3 Å². The largest absolute Gasteiger partial charge is 0.497 e. The standard InChI is InChI=1S/C41H55N5O7S/c1-39(2,3)53-38(49)44(8)33-22-45(23-40(33,4)5)37(48)41-21-31(41)30-20-27(52-9)16-18-28(30)35-34(25-13-11-10-12-14-25)29-17-15-26(19-32(29)46(35)24-41)36(47)42-54(50,51)43(6)7/h15-20,25,31,33H,10-14,21-24H2,1-9H3,(H,42,47). The van der Waals surface area contributed by atoms with Crippen LogP contribution in [0.3, 0.4) is 0 Å². The highest BCUT2D eigenvalue weighted by Crippen LogP contribution is 2.66. The van der Waals surface area contributed by atoms with Crippen LogP contribution in [-0.4, -0.2) is 98.0 Å². The number of methoxy groups -OCH3 is 1. The van der Waals surface area contributed by atoms with Crippen molar-refractivity contribution in [3.63, 3.8) is 0 Å². The molecule has 0 radical (unpaired) electrons. The van der Waals surface area contributed by atoms with Crippen molar-refractivity contribution >= 4 is 39.0 Å². The molecule has 3 heterocycles. The van der Waals surface area contributed by atoms with E-state index in [1.54, 1.807) is 31.2 Å². The number of hydrogen-bond acceptors (Lipinski definition) is 7. The molecular formula is C41H55N5O7S. The summed E-state index contributed by atoms with van der Waals surface area (Å²) in [4.78, 5) is 45.5. The van der Waals surface area contributed by atoms with Crippen LogP contribution in [0.5, 0.6) is 5.75 Å². The number of amides is 3. The maximum atomic E-state index is 15.2. The monoisotopic (exact) mass is 761 g/mol. The maximum Gasteiger partial charge on any atom is 0.410 e. The Kier molecular flexibility index (Phi) is 9.39. The number of ether oxygens (including phenoxy) is 2. The molecule has 3 unspecified atom stereocenters. The number of rotatable bonds is 7. The molecule has 54 heavy (non-hydrogen) atoms. The number of nitrogens with one attached hydrogen (secondary N) is 1. The van der Waals surface area contributed by atoms with Crippen LogP contribution in [-0.2, 0) is 26.3 Å². The van der Waals surface area contributed by atoms with E-state index in [0.717, 1.165) is 63.5 Å². The lowest BCUT2D eigenvalue weighted by Crippen LogP contribution is -2.47. The molecule has 7 rings (SSSR count). The van der Waals surface area contributed by atoms with E-state index in [0.29, 0.717) is 32.0 Å². The van der Waals surface area contributed by atoms with Crippen molar-refractivity contribution < 1.29 is 32.3 Å². The van der Waals surface area contributed by atoms with Crippen LogP contribution >= 0.6 is 0 Å². The van der Waals surface area contributed by atoms with Crippen molar-refractivity contribution in [3.8, 4) is 17.0 Å². The molecule has 2 saturated carbocycles. The van der Waals surface area contributed by atoms with Gasteiger partial charge in [0, 0.05) is 74.1 Å². The van der Waals surface area contributed by atoms with Crippen molar-refractivity contribution in [1.82, 2.24) is 23.4 Å². The number of carbonyl (C=O) groups is 3. The van der Waals surface area contributed by atoms with E-state index < -0.39 is 33.2 Å². The lowest BCUT2D eigenvalue weighted by atomic mass is 9.81. The zero-order chi connectivity index (χ0) is 39.1. The highest BCUT2D eigenvalue weighted by Gasteiger charge is 2.65. The Hall–Kier alpha value is -4.10. The average Bonchev–Trinajstić information content (AvgIpc) is 3.66. The van der Waals surface area contributed by atoms with Gasteiger partial charge in [-0.1, -0.05) is 39.2 Å². The Balaban J connectivity index is 1.35. The van der Waals surface area contributed by atoms with E-state index in [1.807, 2.05) is 37.8 Å². The van der Waals surface area contributed by atoms with E-state index in [9.17, 15) is 18.0 Å². The molecular weight excluding hydrogens is 707 g/mol. The Morgan fingerprint density at radius 1 is 0.963 bits per heavy atom. The summed E-state index contributed by atoms with van der Waals surface area (Å²) in [7, 11) is 2.14. The van der Waals surface area contributed by atoms with Gasteiger partial charge in [-0.05, 0) is 87.4 Å². The minimum atomic E-state index is -4.02. The second-order valence-electron chi connectivity index (χ2n) is 17.8. The van der Waals surface area contributed by atoms with Crippen LogP contribution in [0.25, 0.3) is 22.2 Å². The Labute approximate surface area is 319 Å². The van der Waals surface area contributed by atoms with Gasteiger partial charge in [-0.25, -0.2) is 9.52 Å². The maximum absolute atomic E-state index is 15.2. The normalized spacial score (nSPS) is 23.6. The van der Waals surface area contributed by atoms with Crippen LogP contribution < -0.4 is 9.46 Å². The molecule has 292 valence electrons. The molecule has 3 fully saturated rings. The van der Waals surface area contributed by atoms with E-state index in [1.165, 1.54) is 26.1 Å². The molecule has 3 amide bonds. The minimum absolute atomic E-state index is 0.0503. The van der Waals surface area contributed by atoms with Crippen molar-refractivity contribution in [3.05, 3.63) is 53.1 Å². The number of carbonyl (C=O) groups excluding carboxylic acids is 3. The molecule has 1 aromatic heterocycles. The minimum Gasteiger partial charge on any atom is -0.497 e. The Morgan fingerprint density at radius 3 is 2.31 bits per heavy atom. The molecule has 4 aliphatic rings. The molecule has 12 nitrogen and oxygen atoms in total. The van der Waals surface area contributed by atoms with E-state index in [4.69, 9.17) is 9.47 Å². The summed E-state index contributed by atoms with van der Waals surface area (Å²) in [6.07, 6.45) is 5.78. The third-order valence-electron chi connectivity index (χ3n) is 12.2. The van der Waals surface area contributed by atoms with Crippen LogP contribution in [0.1, 0.15) is 106 Å². The highest BCUT2D eigenvalue weighted by molar-refractivity contribution is 7.87. The van der Waals surface area contributed by atoms with Crippen molar-refractivity contribution in [1.29, 1.82) is 0 Å². The number of nitrogens with zero attached hydrogens (tertiary/aromatic N) is 4. The molecule has 1 N–H and O–H groups in total. The Bertz CT molecular complexity index is 2130. The van der Waals surface area contributed by atoms with Crippen LogP contribution in [0.4, 0.5) is 4.79 Å². The first-order valence-electron chi connectivity index (χ1n) is 19.1. The fourth-order valence-corrected chi connectivity index (χ4v) is 9.92. The summed E-state index contributed by atoms with van der Waals surface area (Å²) in [5.41, 5.74) is 3.68. The fraction of sp³-hybridized carbons (Fsp3) is 0.585. The number of aromatic nitrogens is 1. The lowest BCUT2D eigenvalue weighted by Gasteiger charge is -2.34. The molecule has 13 heteroatoms. The van der Waals surface area contributed by atoms with Crippen LogP contribution in [0.15, 0.2) is 36.4 Å². The molecule has 1 saturated heterocycles. The van der Waals surface area contributed by atoms with E-state index in [-0.39, 0.29) is 28.8 Å². The SMILES string of the molecule is COc1ccc2c(c1)C1CC1(C(=O)N1CC(N(C)C(=O)OC(C)(C)C)C(C)(C)C1)Cn1c-2c(C2CCCCC2)c2ccc(C(=O)NS(=O)(=O)N(C)C)cc21. The predicted octanol–water partition coefficient (Wildman–Crippen LogP) is 6.49. The second-order valence-corrected chi connectivity index (χ2v) is 19.7. The number of benzene rings is 2. The van der Waals surface area contributed by atoms with Gasteiger partial charge in [0.2, 0.25) is 5.91 Å². The van der Waals surface area contributed by atoms with Crippen molar-refractivity contribution in [2.45, 2.75) is 103 Å². The first-order valence-corrected chi connectivity index (χ1v) is 20.6. The fourth-order valence-electron chi connectivity index (χ4n) is 9.38. The molecule has 0 spiro atoms. The van der Waals surface area contributed by atoms with Gasteiger partial charge in [0.1, 0.15) is 11.4 Å². The van der Waals surface area contributed by atoms with Gasteiger partial charge in [0.15, 0.2) is 0 Å². The summed E-state index contributed by atoms with van der Waals surface area (Å²) in [6.45, 7) is 11.0. The molecule has 2 aliphatic carbocycles. The summed E-state index contributed by atoms with van der Waals surface area (Å²) in [5, 5.41) is 1.02. The summed E-state index contributed by atoms with van der Waals surface area (Å²) in [6, 6.07) is 11.4. The molecule has 2 aromatic carbocycles. The van der Waals surface area contributed by atoms with Crippen LogP contribution in [0, 0.1) is 10.8 Å². The number of hydrogen-bond donors (Lipinski definition) is 1. The van der Waals surface area contributed by atoms with Gasteiger partial charge in [-0.2, -0.15) is 12.7 Å².